The predicted molar refractivity (Wildman–Crippen MR) is 236 cm³/mol. The van der Waals surface area contributed by atoms with E-state index in [1.807, 2.05) is 23.5 Å². The topological polar surface area (TPSA) is 30.7 Å². The van der Waals surface area contributed by atoms with Gasteiger partial charge in [0.1, 0.15) is 0 Å². The lowest BCUT2D eigenvalue weighted by Crippen LogP contribution is -1.97. The zero-order valence-corrected chi connectivity index (χ0v) is 31.1. The molecule has 3 heterocycles. The van der Waals surface area contributed by atoms with Gasteiger partial charge in [-0.25, -0.2) is 9.97 Å². The van der Waals surface area contributed by atoms with Gasteiger partial charge < -0.3 is 4.57 Å². The molecule has 11 rings (SSSR count). The third-order valence-electron chi connectivity index (χ3n) is 10.9. The Morgan fingerprint density at radius 2 is 0.857 bits per heavy atom. The molecule has 0 amide bonds. The van der Waals surface area contributed by atoms with Gasteiger partial charge in [0, 0.05) is 42.9 Å². The van der Waals surface area contributed by atoms with E-state index in [9.17, 15) is 0 Å². The number of rotatable bonds is 6. The summed E-state index contributed by atoms with van der Waals surface area (Å²) in [4.78, 5) is 10.5. The average molecular weight is 732 g/mol. The predicted octanol–water partition coefficient (Wildman–Crippen LogP) is 14.3. The lowest BCUT2D eigenvalue weighted by atomic mass is 9.99. The molecule has 3 nitrogen and oxygen atoms in total. The molecule has 0 atom stereocenters. The first-order chi connectivity index (χ1) is 27.8. The van der Waals surface area contributed by atoms with E-state index in [0.717, 1.165) is 44.5 Å². The first kappa shape index (κ1) is 32.3. The molecule has 0 aliphatic rings. The van der Waals surface area contributed by atoms with Gasteiger partial charge in [-0.1, -0.05) is 176 Å². The molecule has 0 fully saturated rings. The van der Waals surface area contributed by atoms with Gasteiger partial charge in [0.25, 0.3) is 0 Å². The Morgan fingerprint density at radius 1 is 0.357 bits per heavy atom. The van der Waals surface area contributed by atoms with Crippen LogP contribution in [0.1, 0.15) is 0 Å². The summed E-state index contributed by atoms with van der Waals surface area (Å²) in [5, 5.41) is 4.85. The number of fused-ring (bicyclic) bond motifs is 6. The first-order valence-corrected chi connectivity index (χ1v) is 19.7. The zero-order valence-electron chi connectivity index (χ0n) is 30.3. The lowest BCUT2D eigenvalue weighted by Gasteiger charge is -2.11. The van der Waals surface area contributed by atoms with E-state index in [0.29, 0.717) is 5.82 Å². The number of thiophene rings is 1. The minimum atomic E-state index is 0.710. The highest BCUT2D eigenvalue weighted by Gasteiger charge is 2.21. The van der Waals surface area contributed by atoms with Crippen LogP contribution in [0.3, 0.4) is 0 Å². The van der Waals surface area contributed by atoms with Crippen LogP contribution in [0.4, 0.5) is 0 Å². The summed E-state index contributed by atoms with van der Waals surface area (Å²) in [6.07, 6.45) is 0. The second-order valence-corrected chi connectivity index (χ2v) is 15.1. The summed E-state index contributed by atoms with van der Waals surface area (Å²) in [6.45, 7) is 0. The fourth-order valence-corrected chi connectivity index (χ4v) is 9.57. The Kier molecular flexibility index (Phi) is 7.68. The van der Waals surface area contributed by atoms with E-state index in [1.54, 1.807) is 0 Å². The van der Waals surface area contributed by atoms with Gasteiger partial charge in [0.2, 0.25) is 0 Å². The average Bonchev–Trinajstić information content (AvgIpc) is 3.84. The maximum atomic E-state index is 5.26. The van der Waals surface area contributed by atoms with Crippen molar-refractivity contribution >= 4 is 53.3 Å². The van der Waals surface area contributed by atoms with E-state index < -0.39 is 0 Å². The summed E-state index contributed by atoms with van der Waals surface area (Å²) < 4.78 is 5.00. The maximum absolute atomic E-state index is 5.26. The fraction of sp³-hybridized carbons (Fsp3) is 0. The third-order valence-corrected chi connectivity index (χ3v) is 12.1. The Hall–Kier alpha value is -7.14. The number of aromatic nitrogens is 3. The number of nitrogens with zero attached hydrogens (tertiary/aromatic N) is 3. The highest BCUT2D eigenvalue weighted by molar-refractivity contribution is 7.26. The van der Waals surface area contributed by atoms with E-state index in [-0.39, 0.29) is 0 Å². The number of hydrogen-bond acceptors (Lipinski definition) is 3. The standard InChI is InChI=1S/C52H33N3S/c1-4-15-34(16-5-1)35-29-31-36(32-30-35)39-22-12-23-40-41-24-13-28-48(51(41)56-50(39)40)55-46-26-11-10-21-42(46)49-43(25-14-27-47(49)55)52-53-44(37-17-6-2-7-18-37)33-45(54-52)38-19-8-3-9-20-38/h1-33H. The molecule has 0 spiro atoms. The molecule has 0 saturated carbocycles. The molecule has 8 aromatic carbocycles. The van der Waals surface area contributed by atoms with E-state index >= 15 is 0 Å². The normalized spacial score (nSPS) is 11.6. The Morgan fingerprint density at radius 3 is 1.55 bits per heavy atom. The van der Waals surface area contributed by atoms with Crippen molar-refractivity contribution in [3.8, 4) is 61.8 Å². The van der Waals surface area contributed by atoms with Crippen molar-refractivity contribution < 1.29 is 0 Å². The fourth-order valence-electron chi connectivity index (χ4n) is 8.23. The van der Waals surface area contributed by atoms with Crippen LogP contribution in [-0.4, -0.2) is 14.5 Å². The van der Waals surface area contributed by atoms with Gasteiger partial charge in [-0.2, -0.15) is 0 Å². The molecule has 3 aromatic heterocycles. The Labute approximate surface area is 328 Å². The molecule has 4 heteroatoms. The van der Waals surface area contributed by atoms with E-state index in [2.05, 4.69) is 193 Å². The minimum absolute atomic E-state index is 0.710. The van der Waals surface area contributed by atoms with Crippen LogP contribution < -0.4 is 0 Å². The van der Waals surface area contributed by atoms with Crippen LogP contribution in [0.2, 0.25) is 0 Å². The molecule has 0 bridgehead atoms. The summed E-state index contributed by atoms with van der Waals surface area (Å²) >= 11 is 1.88. The molecule has 0 aliphatic heterocycles. The van der Waals surface area contributed by atoms with Gasteiger partial charge in [-0.15, -0.1) is 11.3 Å². The smallest absolute Gasteiger partial charge is 0.161 e. The molecule has 11 aromatic rings. The van der Waals surface area contributed by atoms with E-state index in [1.165, 1.54) is 53.5 Å². The second kappa shape index (κ2) is 13.3. The Bertz CT molecular complexity index is 3160. The number of hydrogen-bond donors (Lipinski definition) is 0. The maximum Gasteiger partial charge on any atom is 0.161 e. The molecule has 0 unspecified atom stereocenters. The molecule has 0 radical (unpaired) electrons. The number of para-hydroxylation sites is 1. The largest absolute Gasteiger partial charge is 0.308 e. The summed E-state index contributed by atoms with van der Waals surface area (Å²) in [5.74, 6) is 0.710. The monoisotopic (exact) mass is 731 g/mol. The summed E-state index contributed by atoms with van der Waals surface area (Å²) in [7, 11) is 0. The van der Waals surface area contributed by atoms with Crippen LogP contribution in [0, 0.1) is 0 Å². The van der Waals surface area contributed by atoms with Gasteiger partial charge >= 0.3 is 0 Å². The Balaban J connectivity index is 1.12. The minimum Gasteiger partial charge on any atom is -0.308 e. The molecule has 0 aliphatic carbocycles. The highest BCUT2D eigenvalue weighted by atomic mass is 32.1. The van der Waals surface area contributed by atoms with Crippen LogP contribution in [-0.2, 0) is 0 Å². The highest BCUT2D eigenvalue weighted by Crippen LogP contribution is 2.45. The van der Waals surface area contributed by atoms with Gasteiger partial charge in [-0.3, -0.25) is 0 Å². The molecular formula is C52H33N3S. The van der Waals surface area contributed by atoms with Crippen molar-refractivity contribution in [1.82, 2.24) is 14.5 Å². The van der Waals surface area contributed by atoms with Gasteiger partial charge in [-0.05, 0) is 46.5 Å². The van der Waals surface area contributed by atoms with Crippen molar-refractivity contribution in [2.75, 3.05) is 0 Å². The number of benzene rings is 8. The van der Waals surface area contributed by atoms with Crippen LogP contribution in [0.15, 0.2) is 200 Å². The molecule has 262 valence electrons. The van der Waals surface area contributed by atoms with Crippen molar-refractivity contribution in [1.29, 1.82) is 0 Å². The van der Waals surface area contributed by atoms with Gasteiger partial charge in [0.15, 0.2) is 5.82 Å². The van der Waals surface area contributed by atoms with Crippen LogP contribution in [0.5, 0.6) is 0 Å². The first-order valence-electron chi connectivity index (χ1n) is 18.9. The van der Waals surface area contributed by atoms with Crippen LogP contribution in [0.25, 0.3) is 104 Å². The van der Waals surface area contributed by atoms with Crippen molar-refractivity contribution in [3.63, 3.8) is 0 Å². The molecule has 56 heavy (non-hydrogen) atoms. The molecule has 0 saturated heterocycles. The zero-order chi connectivity index (χ0) is 37.0. The molecular weight excluding hydrogens is 699 g/mol. The summed E-state index contributed by atoms with van der Waals surface area (Å²) in [5.41, 5.74) is 13.3. The summed E-state index contributed by atoms with van der Waals surface area (Å²) in [6, 6.07) is 71.2. The molecule has 0 N–H and O–H groups in total. The van der Waals surface area contributed by atoms with Crippen molar-refractivity contribution in [2.24, 2.45) is 0 Å². The van der Waals surface area contributed by atoms with Crippen molar-refractivity contribution in [2.45, 2.75) is 0 Å². The van der Waals surface area contributed by atoms with Crippen LogP contribution >= 0.6 is 11.3 Å². The van der Waals surface area contributed by atoms with Crippen molar-refractivity contribution in [3.05, 3.63) is 200 Å². The van der Waals surface area contributed by atoms with Gasteiger partial charge in [0.05, 0.1) is 32.8 Å². The third kappa shape index (κ3) is 5.34. The van der Waals surface area contributed by atoms with E-state index in [4.69, 9.17) is 9.97 Å². The lowest BCUT2D eigenvalue weighted by molar-refractivity contribution is 1.18. The second-order valence-electron chi connectivity index (χ2n) is 14.1. The quantitative estimate of drug-likeness (QED) is 0.170. The SMILES string of the molecule is c1ccc(-c2ccc(-c3cccc4c3sc3c(-n5c6ccccc6c6c(-c7nc(-c8ccccc8)cc(-c8ccccc8)n7)cccc65)cccc34)cc2)cc1.